The molecule has 4 heteroatoms. The van der Waals surface area contributed by atoms with Crippen LogP contribution in [-0.4, -0.2) is 30.8 Å². The van der Waals surface area contributed by atoms with Gasteiger partial charge in [0.1, 0.15) is 0 Å². The van der Waals surface area contributed by atoms with Crippen LogP contribution in [0.2, 0.25) is 0 Å². The molecule has 0 aromatic carbocycles. The average Bonchev–Trinajstić information content (AvgIpc) is 2.96. The third kappa shape index (κ3) is 2.25. The van der Waals surface area contributed by atoms with E-state index in [9.17, 15) is 9.90 Å². The second-order valence-electron chi connectivity index (χ2n) is 3.89. The minimum absolute atomic E-state index is 0.222. The second kappa shape index (κ2) is 4.75. The molecule has 1 fully saturated rings. The molecule has 1 aliphatic carbocycles. The van der Waals surface area contributed by atoms with Crippen molar-refractivity contribution in [2.24, 2.45) is 17.1 Å². The molecular formula is C10H19NO3. The Kier molecular flexibility index (Phi) is 3.89. The third-order valence-corrected chi connectivity index (χ3v) is 3.05. The smallest absolute Gasteiger partial charge is 0.311 e. The first-order valence-corrected chi connectivity index (χ1v) is 5.18. The average molecular weight is 201 g/mol. The van der Waals surface area contributed by atoms with Gasteiger partial charge in [0.2, 0.25) is 0 Å². The Hall–Kier alpha value is -0.610. The highest BCUT2D eigenvalue weighted by atomic mass is 16.5. The number of aliphatic carboxylic acids is 1. The number of ether oxygens (including phenoxy) is 1. The number of hydrogen-bond donors (Lipinski definition) is 2. The van der Waals surface area contributed by atoms with E-state index in [1.807, 2.05) is 6.92 Å². The van der Waals surface area contributed by atoms with Crippen molar-refractivity contribution in [3.8, 4) is 0 Å². The number of carbonyl (C=O) groups is 1. The number of carboxylic acid groups (broad SMARTS) is 1. The van der Waals surface area contributed by atoms with E-state index in [0.717, 1.165) is 12.8 Å². The minimum atomic E-state index is -0.762. The molecule has 1 saturated carbocycles. The molecule has 0 saturated heterocycles. The summed E-state index contributed by atoms with van der Waals surface area (Å²) in [6.45, 7) is 3.25. The van der Waals surface area contributed by atoms with Crippen molar-refractivity contribution in [2.45, 2.75) is 26.2 Å². The molecule has 0 amide bonds. The quantitative estimate of drug-likeness (QED) is 0.599. The van der Waals surface area contributed by atoms with E-state index in [2.05, 4.69) is 0 Å². The summed E-state index contributed by atoms with van der Waals surface area (Å²) in [6, 6.07) is 0. The zero-order chi connectivity index (χ0) is 10.6. The van der Waals surface area contributed by atoms with Crippen LogP contribution in [0.5, 0.6) is 0 Å². The first kappa shape index (κ1) is 11.5. The molecular weight excluding hydrogens is 182 g/mol. The molecule has 0 radical (unpaired) electrons. The van der Waals surface area contributed by atoms with Gasteiger partial charge in [0.25, 0.3) is 0 Å². The lowest BCUT2D eigenvalue weighted by molar-refractivity contribution is -0.151. The summed E-state index contributed by atoms with van der Waals surface area (Å²) in [5.74, 6) is -0.493. The first-order valence-electron chi connectivity index (χ1n) is 5.18. The van der Waals surface area contributed by atoms with Crippen LogP contribution in [0.15, 0.2) is 0 Å². The zero-order valence-electron chi connectivity index (χ0n) is 8.66. The van der Waals surface area contributed by atoms with Crippen molar-refractivity contribution >= 4 is 5.97 Å². The van der Waals surface area contributed by atoms with Crippen LogP contribution >= 0.6 is 0 Å². The molecule has 4 nitrogen and oxygen atoms in total. The van der Waals surface area contributed by atoms with Crippen LogP contribution in [0.25, 0.3) is 0 Å². The summed E-state index contributed by atoms with van der Waals surface area (Å²) in [7, 11) is 0. The molecule has 0 bridgehead atoms. The standard InChI is InChI=1S/C10H19NO3/c1-2-14-6-5-10(7-11,9(12)13)8-3-4-8/h8H,2-7,11H2,1H3,(H,12,13). The second-order valence-corrected chi connectivity index (χ2v) is 3.89. The highest BCUT2D eigenvalue weighted by Crippen LogP contribution is 2.47. The third-order valence-electron chi connectivity index (χ3n) is 3.05. The number of carboxylic acids is 1. The van der Waals surface area contributed by atoms with E-state index in [0.29, 0.717) is 19.6 Å². The number of hydrogen-bond acceptors (Lipinski definition) is 3. The molecule has 0 heterocycles. The minimum Gasteiger partial charge on any atom is -0.481 e. The molecule has 3 N–H and O–H groups in total. The Morgan fingerprint density at radius 2 is 2.29 bits per heavy atom. The summed E-state index contributed by atoms with van der Waals surface area (Å²) >= 11 is 0. The van der Waals surface area contributed by atoms with Crippen molar-refractivity contribution in [3.63, 3.8) is 0 Å². The molecule has 0 aromatic rings. The van der Waals surface area contributed by atoms with Crippen LogP contribution in [0.3, 0.4) is 0 Å². The van der Waals surface area contributed by atoms with Gasteiger partial charge in [-0.1, -0.05) is 0 Å². The Morgan fingerprint density at radius 1 is 1.64 bits per heavy atom. The number of rotatable bonds is 7. The van der Waals surface area contributed by atoms with Crippen LogP contribution < -0.4 is 5.73 Å². The van der Waals surface area contributed by atoms with Crippen molar-refractivity contribution in [1.82, 2.24) is 0 Å². The molecule has 82 valence electrons. The largest absolute Gasteiger partial charge is 0.481 e. The fourth-order valence-electron chi connectivity index (χ4n) is 1.88. The molecule has 1 atom stereocenters. The summed E-state index contributed by atoms with van der Waals surface area (Å²) in [4.78, 5) is 11.2. The number of nitrogens with two attached hydrogens (primary N) is 1. The highest BCUT2D eigenvalue weighted by molar-refractivity contribution is 5.76. The Labute approximate surface area is 84.4 Å². The van der Waals surface area contributed by atoms with E-state index < -0.39 is 11.4 Å². The summed E-state index contributed by atoms with van der Waals surface area (Å²) in [5, 5.41) is 9.20. The summed E-state index contributed by atoms with van der Waals surface area (Å²) < 4.78 is 5.20. The van der Waals surface area contributed by atoms with Gasteiger partial charge in [-0.05, 0) is 32.1 Å². The molecule has 1 rings (SSSR count). The van der Waals surface area contributed by atoms with Gasteiger partial charge in [-0.15, -0.1) is 0 Å². The maximum atomic E-state index is 11.2. The lowest BCUT2D eigenvalue weighted by Crippen LogP contribution is -2.41. The molecule has 0 aliphatic heterocycles. The van der Waals surface area contributed by atoms with E-state index in [-0.39, 0.29) is 12.5 Å². The molecule has 0 aromatic heterocycles. The van der Waals surface area contributed by atoms with Crippen molar-refractivity contribution in [1.29, 1.82) is 0 Å². The molecule has 0 spiro atoms. The van der Waals surface area contributed by atoms with Crippen LogP contribution in [-0.2, 0) is 9.53 Å². The first-order chi connectivity index (χ1) is 6.67. The van der Waals surface area contributed by atoms with Crippen LogP contribution in [0, 0.1) is 11.3 Å². The maximum absolute atomic E-state index is 11.2. The van der Waals surface area contributed by atoms with Crippen molar-refractivity contribution in [3.05, 3.63) is 0 Å². The summed E-state index contributed by atoms with van der Waals surface area (Å²) in [6.07, 6.45) is 2.53. The van der Waals surface area contributed by atoms with Gasteiger partial charge in [0.15, 0.2) is 0 Å². The highest BCUT2D eigenvalue weighted by Gasteiger charge is 2.49. The summed E-state index contributed by atoms with van der Waals surface area (Å²) in [5.41, 5.74) is 4.87. The molecule has 1 unspecified atom stereocenters. The normalized spacial score (nSPS) is 20.4. The lowest BCUT2D eigenvalue weighted by Gasteiger charge is -2.27. The maximum Gasteiger partial charge on any atom is 0.311 e. The zero-order valence-corrected chi connectivity index (χ0v) is 8.66. The predicted molar refractivity (Wildman–Crippen MR) is 53.0 cm³/mol. The Bertz CT molecular complexity index is 204. The van der Waals surface area contributed by atoms with Gasteiger partial charge in [0, 0.05) is 19.8 Å². The van der Waals surface area contributed by atoms with Gasteiger partial charge in [-0.2, -0.15) is 0 Å². The SMILES string of the molecule is CCOCCC(CN)(C(=O)O)C1CC1. The monoisotopic (exact) mass is 201 g/mol. The van der Waals surface area contributed by atoms with Gasteiger partial charge < -0.3 is 15.6 Å². The van der Waals surface area contributed by atoms with E-state index in [4.69, 9.17) is 10.5 Å². The van der Waals surface area contributed by atoms with Crippen LogP contribution in [0.4, 0.5) is 0 Å². The Morgan fingerprint density at radius 3 is 2.64 bits per heavy atom. The molecule has 1 aliphatic rings. The fourth-order valence-corrected chi connectivity index (χ4v) is 1.88. The van der Waals surface area contributed by atoms with Gasteiger partial charge in [-0.3, -0.25) is 4.79 Å². The van der Waals surface area contributed by atoms with Gasteiger partial charge >= 0.3 is 5.97 Å². The van der Waals surface area contributed by atoms with E-state index in [1.165, 1.54) is 0 Å². The lowest BCUT2D eigenvalue weighted by atomic mass is 9.80. The van der Waals surface area contributed by atoms with Gasteiger partial charge in [0.05, 0.1) is 5.41 Å². The Balaban J connectivity index is 2.54. The van der Waals surface area contributed by atoms with Crippen molar-refractivity contribution in [2.75, 3.05) is 19.8 Å². The van der Waals surface area contributed by atoms with E-state index >= 15 is 0 Å². The van der Waals surface area contributed by atoms with Crippen LogP contribution in [0.1, 0.15) is 26.2 Å². The van der Waals surface area contributed by atoms with Gasteiger partial charge in [-0.25, -0.2) is 0 Å². The molecule has 14 heavy (non-hydrogen) atoms. The van der Waals surface area contributed by atoms with E-state index in [1.54, 1.807) is 0 Å². The fraction of sp³-hybridized carbons (Fsp3) is 0.900. The van der Waals surface area contributed by atoms with Crippen molar-refractivity contribution < 1.29 is 14.6 Å². The topological polar surface area (TPSA) is 72.5 Å². The predicted octanol–water partition coefficient (Wildman–Crippen LogP) is 0.853.